The Balaban J connectivity index is 1.59. The van der Waals surface area contributed by atoms with Gasteiger partial charge in [-0.05, 0) is 56.5 Å². The fourth-order valence-corrected chi connectivity index (χ4v) is 4.65. The number of nitrogens with zero attached hydrogens (tertiary/aromatic N) is 1. The molecule has 1 aliphatic rings. The van der Waals surface area contributed by atoms with Crippen molar-refractivity contribution in [2.24, 2.45) is 5.92 Å². The minimum atomic E-state index is -0.441. The number of piperidine rings is 1. The van der Waals surface area contributed by atoms with Gasteiger partial charge in [-0.1, -0.05) is 30.3 Å². The standard InChI is InChI=1S/C29H41N3O6/c1-21(2)32(28(33)24-11-12-26(36-4)27(16-24)37-14-8-13-35-3)25-15-23(17-30-19-25)18-31-29(34)38-20-22-9-6-5-7-10-22/h5-7,9-12,16,21,23,25,30H,8,13-15,17-20H2,1-4H3,(H,31,34)/t23-,25?/m0/s1. The van der Waals surface area contributed by atoms with E-state index in [-0.39, 0.29) is 30.5 Å². The van der Waals surface area contributed by atoms with Gasteiger partial charge in [0.25, 0.3) is 5.91 Å². The van der Waals surface area contributed by atoms with Crippen LogP contribution in [0.1, 0.15) is 42.6 Å². The minimum Gasteiger partial charge on any atom is -0.493 e. The van der Waals surface area contributed by atoms with Crippen molar-refractivity contribution in [3.05, 3.63) is 59.7 Å². The second-order valence-electron chi connectivity index (χ2n) is 9.72. The fraction of sp³-hybridized carbons (Fsp3) is 0.517. The van der Waals surface area contributed by atoms with Crippen LogP contribution in [0.5, 0.6) is 11.5 Å². The number of alkyl carbamates (subject to hydrolysis) is 1. The lowest BCUT2D eigenvalue weighted by Gasteiger charge is -2.40. The molecule has 0 spiro atoms. The first-order chi connectivity index (χ1) is 18.4. The molecule has 208 valence electrons. The van der Waals surface area contributed by atoms with E-state index >= 15 is 0 Å². The maximum Gasteiger partial charge on any atom is 0.407 e. The monoisotopic (exact) mass is 527 g/mol. The molecule has 2 N–H and O–H groups in total. The van der Waals surface area contributed by atoms with Gasteiger partial charge in [-0.15, -0.1) is 0 Å². The van der Waals surface area contributed by atoms with Crippen LogP contribution in [0.3, 0.4) is 0 Å². The van der Waals surface area contributed by atoms with Crippen LogP contribution in [0.2, 0.25) is 0 Å². The van der Waals surface area contributed by atoms with Crippen molar-refractivity contribution in [1.29, 1.82) is 0 Å². The van der Waals surface area contributed by atoms with Gasteiger partial charge in [-0.3, -0.25) is 4.79 Å². The van der Waals surface area contributed by atoms with Crippen molar-refractivity contribution in [3.8, 4) is 11.5 Å². The summed E-state index contributed by atoms with van der Waals surface area (Å²) in [5, 5.41) is 6.31. The zero-order valence-corrected chi connectivity index (χ0v) is 22.9. The second-order valence-corrected chi connectivity index (χ2v) is 9.72. The molecule has 1 aliphatic heterocycles. The Morgan fingerprint density at radius 3 is 2.55 bits per heavy atom. The van der Waals surface area contributed by atoms with Crippen molar-refractivity contribution in [1.82, 2.24) is 15.5 Å². The number of hydrogen-bond donors (Lipinski definition) is 2. The fourth-order valence-electron chi connectivity index (χ4n) is 4.65. The topological polar surface area (TPSA) is 98.4 Å². The van der Waals surface area contributed by atoms with Gasteiger partial charge in [0.1, 0.15) is 6.61 Å². The molecule has 0 aromatic heterocycles. The quantitative estimate of drug-likeness (QED) is 0.382. The van der Waals surface area contributed by atoms with E-state index in [9.17, 15) is 9.59 Å². The normalized spacial score (nSPS) is 17.1. The van der Waals surface area contributed by atoms with Gasteiger partial charge >= 0.3 is 6.09 Å². The summed E-state index contributed by atoms with van der Waals surface area (Å²) in [6.07, 6.45) is 1.06. The van der Waals surface area contributed by atoms with Gasteiger partial charge in [-0.25, -0.2) is 4.79 Å². The van der Waals surface area contributed by atoms with Crippen LogP contribution in [0.15, 0.2) is 48.5 Å². The van der Waals surface area contributed by atoms with Crippen LogP contribution in [0, 0.1) is 5.92 Å². The lowest BCUT2D eigenvalue weighted by molar-refractivity contribution is 0.0534. The van der Waals surface area contributed by atoms with E-state index in [1.54, 1.807) is 32.4 Å². The van der Waals surface area contributed by atoms with Gasteiger partial charge < -0.3 is 34.5 Å². The Morgan fingerprint density at radius 1 is 1.05 bits per heavy atom. The van der Waals surface area contributed by atoms with E-state index in [1.165, 1.54) is 0 Å². The van der Waals surface area contributed by atoms with E-state index < -0.39 is 6.09 Å². The second kappa shape index (κ2) is 15.2. The zero-order valence-electron chi connectivity index (χ0n) is 22.9. The molecular formula is C29H41N3O6. The number of carbonyl (C=O) groups is 2. The molecule has 1 fully saturated rings. The Kier molecular flexibility index (Phi) is 11.7. The zero-order chi connectivity index (χ0) is 27.3. The molecule has 2 aromatic carbocycles. The van der Waals surface area contributed by atoms with Gasteiger partial charge in [0, 0.05) is 50.9 Å². The number of benzene rings is 2. The predicted octanol–water partition coefficient (Wildman–Crippen LogP) is 3.87. The van der Waals surface area contributed by atoms with Crippen LogP contribution >= 0.6 is 0 Å². The summed E-state index contributed by atoms with van der Waals surface area (Å²) in [5.41, 5.74) is 1.49. The summed E-state index contributed by atoms with van der Waals surface area (Å²) in [7, 11) is 3.23. The molecule has 2 aromatic rings. The highest BCUT2D eigenvalue weighted by Crippen LogP contribution is 2.30. The molecule has 2 amide bonds. The molecule has 1 saturated heterocycles. The van der Waals surface area contributed by atoms with E-state index in [0.717, 1.165) is 24.9 Å². The molecule has 9 heteroatoms. The summed E-state index contributed by atoms with van der Waals surface area (Å²) in [6, 6.07) is 14.8. The lowest BCUT2D eigenvalue weighted by atomic mass is 9.93. The molecule has 1 unspecified atom stereocenters. The SMILES string of the molecule is COCCCOc1cc(C(=O)N(C(C)C)C2CNC[C@@H](CNC(=O)OCc3ccccc3)C2)ccc1OC. The average molecular weight is 528 g/mol. The maximum atomic E-state index is 13.7. The minimum absolute atomic E-state index is 0.00924. The number of amides is 2. The molecule has 1 heterocycles. The number of hydrogen-bond acceptors (Lipinski definition) is 7. The summed E-state index contributed by atoms with van der Waals surface area (Å²) >= 11 is 0. The molecule has 0 radical (unpaired) electrons. The smallest absolute Gasteiger partial charge is 0.407 e. The molecule has 38 heavy (non-hydrogen) atoms. The molecule has 2 atom stereocenters. The van der Waals surface area contributed by atoms with Crippen LogP contribution < -0.4 is 20.1 Å². The largest absolute Gasteiger partial charge is 0.493 e. The van der Waals surface area contributed by atoms with E-state index in [4.69, 9.17) is 18.9 Å². The predicted molar refractivity (Wildman–Crippen MR) is 146 cm³/mol. The third-order valence-electron chi connectivity index (χ3n) is 6.51. The summed E-state index contributed by atoms with van der Waals surface area (Å²) in [4.78, 5) is 27.8. The van der Waals surface area contributed by atoms with Crippen molar-refractivity contribution in [2.75, 3.05) is 47.1 Å². The number of ether oxygens (including phenoxy) is 4. The van der Waals surface area contributed by atoms with Gasteiger partial charge in [-0.2, -0.15) is 0 Å². The third kappa shape index (κ3) is 8.63. The summed E-state index contributed by atoms with van der Waals surface area (Å²) in [5.74, 6) is 1.23. The van der Waals surface area contributed by atoms with Crippen LogP contribution in [-0.2, 0) is 16.1 Å². The number of carbonyl (C=O) groups excluding carboxylic acids is 2. The van der Waals surface area contributed by atoms with Crippen molar-refractivity contribution in [3.63, 3.8) is 0 Å². The highest BCUT2D eigenvalue weighted by atomic mass is 16.5. The third-order valence-corrected chi connectivity index (χ3v) is 6.51. The molecule has 0 aliphatic carbocycles. The van der Waals surface area contributed by atoms with Crippen molar-refractivity contribution >= 4 is 12.0 Å². The Bertz CT molecular complexity index is 1020. The number of methoxy groups -OCH3 is 2. The number of rotatable bonds is 13. The maximum absolute atomic E-state index is 13.7. The molecule has 0 bridgehead atoms. The Hall–Kier alpha value is -3.30. The average Bonchev–Trinajstić information content (AvgIpc) is 2.93. The molecule has 3 rings (SSSR count). The highest BCUT2D eigenvalue weighted by molar-refractivity contribution is 5.95. The lowest BCUT2D eigenvalue weighted by Crippen LogP contribution is -2.55. The Labute approximate surface area is 225 Å². The van der Waals surface area contributed by atoms with Gasteiger partial charge in [0.15, 0.2) is 11.5 Å². The summed E-state index contributed by atoms with van der Waals surface area (Å²) < 4.78 is 21.7. The first-order valence-corrected chi connectivity index (χ1v) is 13.2. The Morgan fingerprint density at radius 2 is 1.84 bits per heavy atom. The first kappa shape index (κ1) is 29.3. The molecular weight excluding hydrogens is 486 g/mol. The van der Waals surface area contributed by atoms with Gasteiger partial charge in [0.2, 0.25) is 0 Å². The van der Waals surface area contributed by atoms with E-state index in [0.29, 0.717) is 43.4 Å². The highest BCUT2D eigenvalue weighted by Gasteiger charge is 2.32. The van der Waals surface area contributed by atoms with Crippen molar-refractivity contribution in [2.45, 2.75) is 45.4 Å². The summed E-state index contributed by atoms with van der Waals surface area (Å²) in [6.45, 7) is 7.25. The molecule has 9 nitrogen and oxygen atoms in total. The molecule has 0 saturated carbocycles. The van der Waals surface area contributed by atoms with Crippen molar-refractivity contribution < 1.29 is 28.5 Å². The van der Waals surface area contributed by atoms with Gasteiger partial charge in [0.05, 0.1) is 13.7 Å². The van der Waals surface area contributed by atoms with Crippen LogP contribution in [-0.4, -0.2) is 76.1 Å². The van der Waals surface area contributed by atoms with Crippen LogP contribution in [0.4, 0.5) is 4.79 Å². The van der Waals surface area contributed by atoms with E-state index in [2.05, 4.69) is 10.6 Å². The first-order valence-electron chi connectivity index (χ1n) is 13.2. The number of nitrogens with one attached hydrogen (secondary N) is 2. The van der Waals surface area contributed by atoms with Crippen LogP contribution in [0.25, 0.3) is 0 Å². The van der Waals surface area contributed by atoms with E-state index in [1.807, 2.05) is 49.1 Å².